The molecule has 19 heavy (non-hydrogen) atoms. The minimum atomic E-state index is -0.265. The molecule has 0 bridgehead atoms. The van der Waals surface area contributed by atoms with Crippen LogP contribution in [0.1, 0.15) is 36.0 Å². The van der Waals surface area contributed by atoms with Crippen molar-refractivity contribution in [2.24, 2.45) is 0 Å². The number of carbonyl (C=O) groups is 1. The van der Waals surface area contributed by atoms with Crippen LogP contribution in [0.5, 0.6) is 5.75 Å². The number of rotatable bonds is 5. The van der Waals surface area contributed by atoms with Gasteiger partial charge in [-0.25, -0.2) is 4.79 Å². The Kier molecular flexibility index (Phi) is 5.21. The van der Waals surface area contributed by atoms with Gasteiger partial charge in [0.15, 0.2) is 0 Å². The van der Waals surface area contributed by atoms with Gasteiger partial charge in [0, 0.05) is 6.04 Å². The van der Waals surface area contributed by atoms with Crippen molar-refractivity contribution in [3.8, 4) is 5.75 Å². The number of hydrogen-bond donors (Lipinski definition) is 1. The standard InChI is InChI=1S/C15H21NO3/c1-18-14-7-5-12(6-8-14)15(17)19-11-9-13-4-2-3-10-16-13/h5-8,13,16H,2-4,9-11H2,1H3/t13-/m1/s1. The van der Waals surface area contributed by atoms with Crippen molar-refractivity contribution >= 4 is 5.97 Å². The quantitative estimate of drug-likeness (QED) is 0.829. The van der Waals surface area contributed by atoms with Gasteiger partial charge in [-0.2, -0.15) is 0 Å². The molecule has 0 spiro atoms. The van der Waals surface area contributed by atoms with Gasteiger partial charge >= 0.3 is 5.97 Å². The van der Waals surface area contributed by atoms with Crippen molar-refractivity contribution in [1.29, 1.82) is 0 Å². The minimum absolute atomic E-state index is 0.265. The van der Waals surface area contributed by atoms with Gasteiger partial charge in [0.2, 0.25) is 0 Å². The fraction of sp³-hybridized carbons (Fsp3) is 0.533. The summed E-state index contributed by atoms with van der Waals surface area (Å²) in [6.07, 6.45) is 4.59. The van der Waals surface area contributed by atoms with Gasteiger partial charge in [-0.3, -0.25) is 0 Å². The molecular weight excluding hydrogens is 242 g/mol. The van der Waals surface area contributed by atoms with Crippen molar-refractivity contribution in [1.82, 2.24) is 5.32 Å². The summed E-state index contributed by atoms with van der Waals surface area (Å²) < 4.78 is 10.3. The Morgan fingerprint density at radius 2 is 2.11 bits per heavy atom. The Bertz CT molecular complexity index is 396. The summed E-state index contributed by atoms with van der Waals surface area (Å²) in [5, 5.41) is 3.44. The van der Waals surface area contributed by atoms with Crippen LogP contribution in [-0.2, 0) is 4.74 Å². The molecule has 1 heterocycles. The van der Waals surface area contributed by atoms with E-state index in [0.717, 1.165) is 18.7 Å². The second-order valence-electron chi connectivity index (χ2n) is 4.80. The predicted octanol–water partition coefficient (Wildman–Crippen LogP) is 2.38. The first-order chi connectivity index (χ1) is 9.29. The fourth-order valence-corrected chi connectivity index (χ4v) is 2.27. The molecule has 1 aliphatic rings. The van der Waals surface area contributed by atoms with Crippen molar-refractivity contribution in [2.45, 2.75) is 31.7 Å². The molecule has 1 N–H and O–H groups in total. The van der Waals surface area contributed by atoms with Crippen LogP contribution in [-0.4, -0.2) is 32.3 Å². The number of esters is 1. The maximum atomic E-state index is 11.8. The maximum absolute atomic E-state index is 11.8. The molecule has 2 rings (SSSR count). The summed E-state index contributed by atoms with van der Waals surface area (Å²) >= 11 is 0. The molecule has 0 amide bonds. The van der Waals surface area contributed by atoms with Crippen LogP contribution >= 0.6 is 0 Å². The Balaban J connectivity index is 1.73. The number of piperidine rings is 1. The van der Waals surface area contributed by atoms with E-state index >= 15 is 0 Å². The lowest BCUT2D eigenvalue weighted by Crippen LogP contribution is -2.35. The average molecular weight is 263 g/mol. The second-order valence-corrected chi connectivity index (χ2v) is 4.80. The highest BCUT2D eigenvalue weighted by atomic mass is 16.5. The topological polar surface area (TPSA) is 47.6 Å². The lowest BCUT2D eigenvalue weighted by Gasteiger charge is -2.23. The highest BCUT2D eigenvalue weighted by Gasteiger charge is 2.13. The number of hydrogen-bond acceptors (Lipinski definition) is 4. The summed E-state index contributed by atoms with van der Waals surface area (Å²) in [5.74, 6) is 0.474. The number of benzene rings is 1. The number of nitrogens with one attached hydrogen (secondary N) is 1. The molecule has 1 atom stereocenters. The summed E-state index contributed by atoms with van der Waals surface area (Å²) in [5.41, 5.74) is 0.567. The van der Waals surface area contributed by atoms with Crippen LogP contribution in [0.2, 0.25) is 0 Å². The lowest BCUT2D eigenvalue weighted by molar-refractivity contribution is 0.0486. The Hall–Kier alpha value is -1.55. The zero-order valence-electron chi connectivity index (χ0n) is 11.4. The molecule has 0 saturated carbocycles. The van der Waals surface area contributed by atoms with E-state index < -0.39 is 0 Å². The fourth-order valence-electron chi connectivity index (χ4n) is 2.27. The van der Waals surface area contributed by atoms with E-state index in [1.807, 2.05) is 0 Å². The van der Waals surface area contributed by atoms with Gasteiger partial charge in [-0.1, -0.05) is 6.42 Å². The van der Waals surface area contributed by atoms with E-state index in [2.05, 4.69) is 5.32 Å². The van der Waals surface area contributed by atoms with Crippen molar-refractivity contribution < 1.29 is 14.3 Å². The third-order valence-electron chi connectivity index (χ3n) is 3.44. The molecule has 0 unspecified atom stereocenters. The third kappa shape index (κ3) is 4.24. The van der Waals surface area contributed by atoms with Crippen molar-refractivity contribution in [3.05, 3.63) is 29.8 Å². The minimum Gasteiger partial charge on any atom is -0.497 e. The lowest BCUT2D eigenvalue weighted by atomic mass is 10.0. The zero-order chi connectivity index (χ0) is 13.5. The molecule has 0 aromatic heterocycles. The Labute approximate surface area is 114 Å². The Morgan fingerprint density at radius 1 is 1.32 bits per heavy atom. The van der Waals surface area contributed by atoms with Gasteiger partial charge in [0.1, 0.15) is 5.75 Å². The summed E-state index contributed by atoms with van der Waals surface area (Å²) in [7, 11) is 1.60. The van der Waals surface area contributed by atoms with Crippen LogP contribution in [0.15, 0.2) is 24.3 Å². The van der Waals surface area contributed by atoms with Crippen LogP contribution in [0, 0.1) is 0 Å². The van der Waals surface area contributed by atoms with Gasteiger partial charge in [-0.05, 0) is 50.1 Å². The Morgan fingerprint density at radius 3 is 2.74 bits per heavy atom. The highest BCUT2D eigenvalue weighted by molar-refractivity contribution is 5.89. The first-order valence-electron chi connectivity index (χ1n) is 6.84. The summed E-state index contributed by atoms with van der Waals surface area (Å²) in [6, 6.07) is 7.47. The second kappa shape index (κ2) is 7.14. The SMILES string of the molecule is COc1ccc(C(=O)OCC[C@H]2CCCCN2)cc1. The van der Waals surface area contributed by atoms with Crippen LogP contribution in [0.4, 0.5) is 0 Å². The smallest absolute Gasteiger partial charge is 0.338 e. The number of ether oxygens (including phenoxy) is 2. The molecule has 0 radical (unpaired) electrons. The maximum Gasteiger partial charge on any atom is 0.338 e. The molecule has 4 nitrogen and oxygen atoms in total. The molecule has 1 aliphatic heterocycles. The van der Waals surface area contributed by atoms with Crippen molar-refractivity contribution in [3.63, 3.8) is 0 Å². The van der Waals surface area contributed by atoms with E-state index in [9.17, 15) is 4.79 Å². The molecular formula is C15H21NO3. The van der Waals surface area contributed by atoms with Crippen molar-refractivity contribution in [2.75, 3.05) is 20.3 Å². The van der Waals surface area contributed by atoms with E-state index in [1.54, 1.807) is 31.4 Å². The number of carbonyl (C=O) groups excluding carboxylic acids is 1. The molecule has 1 fully saturated rings. The van der Waals surface area contributed by atoms with E-state index in [0.29, 0.717) is 18.2 Å². The predicted molar refractivity (Wildman–Crippen MR) is 73.5 cm³/mol. The average Bonchev–Trinajstić information content (AvgIpc) is 2.48. The first-order valence-corrected chi connectivity index (χ1v) is 6.84. The van der Waals surface area contributed by atoms with E-state index in [4.69, 9.17) is 9.47 Å². The van der Waals surface area contributed by atoms with Gasteiger partial charge in [0.25, 0.3) is 0 Å². The van der Waals surface area contributed by atoms with Crippen LogP contribution in [0.3, 0.4) is 0 Å². The van der Waals surface area contributed by atoms with Gasteiger partial charge in [-0.15, -0.1) is 0 Å². The molecule has 1 aromatic carbocycles. The molecule has 1 aromatic rings. The van der Waals surface area contributed by atoms with E-state index in [1.165, 1.54) is 19.3 Å². The summed E-state index contributed by atoms with van der Waals surface area (Å²) in [4.78, 5) is 11.8. The van der Waals surface area contributed by atoms with Gasteiger partial charge in [0.05, 0.1) is 19.3 Å². The van der Waals surface area contributed by atoms with Gasteiger partial charge < -0.3 is 14.8 Å². The number of methoxy groups -OCH3 is 1. The highest BCUT2D eigenvalue weighted by Crippen LogP contribution is 2.13. The third-order valence-corrected chi connectivity index (χ3v) is 3.44. The van der Waals surface area contributed by atoms with Crippen LogP contribution < -0.4 is 10.1 Å². The monoisotopic (exact) mass is 263 g/mol. The molecule has 1 saturated heterocycles. The molecule has 4 heteroatoms. The molecule has 0 aliphatic carbocycles. The van der Waals surface area contributed by atoms with Crippen LogP contribution in [0.25, 0.3) is 0 Å². The molecule has 104 valence electrons. The summed E-state index contributed by atoms with van der Waals surface area (Å²) in [6.45, 7) is 1.56. The van der Waals surface area contributed by atoms with E-state index in [-0.39, 0.29) is 5.97 Å². The largest absolute Gasteiger partial charge is 0.497 e. The zero-order valence-corrected chi connectivity index (χ0v) is 11.4. The normalized spacial score (nSPS) is 18.9. The first kappa shape index (κ1) is 13.9.